The van der Waals surface area contributed by atoms with E-state index in [1.165, 1.54) is 5.56 Å². The van der Waals surface area contributed by atoms with Crippen LogP contribution in [0.25, 0.3) is 0 Å². The van der Waals surface area contributed by atoms with Crippen molar-refractivity contribution in [1.82, 2.24) is 0 Å². The van der Waals surface area contributed by atoms with Crippen molar-refractivity contribution in [2.24, 2.45) is 0 Å². The first-order valence-electron chi connectivity index (χ1n) is 5.42. The summed E-state index contributed by atoms with van der Waals surface area (Å²) >= 11 is 0. The molecule has 1 unspecified atom stereocenters. The minimum Gasteiger partial charge on any atom is -0.0619 e. The van der Waals surface area contributed by atoms with Crippen LogP contribution < -0.4 is 10.6 Å². The predicted molar refractivity (Wildman–Crippen MR) is 69.1 cm³/mol. The molecule has 1 nitrogen and oxygen atoms in total. The summed E-state index contributed by atoms with van der Waals surface area (Å²) in [6.45, 7) is 2.11. The predicted octanol–water partition coefficient (Wildman–Crippen LogP) is 3.03. The van der Waals surface area contributed by atoms with Crippen LogP contribution >= 0.6 is 7.80 Å². The van der Waals surface area contributed by atoms with Gasteiger partial charge in [0.1, 0.15) is 0 Å². The summed E-state index contributed by atoms with van der Waals surface area (Å²) in [4.78, 5) is 0. The van der Waals surface area contributed by atoms with Crippen LogP contribution in [0.2, 0.25) is 0 Å². The SMILES string of the molecule is CCc1cccc([P+](=O)c2ccccc2)c1. The zero-order valence-corrected chi connectivity index (χ0v) is 10.2. The molecule has 16 heavy (non-hydrogen) atoms. The van der Waals surface area contributed by atoms with Gasteiger partial charge in [0.2, 0.25) is 0 Å². The van der Waals surface area contributed by atoms with Gasteiger partial charge in [0.25, 0.3) is 0 Å². The van der Waals surface area contributed by atoms with E-state index < -0.39 is 7.80 Å². The van der Waals surface area contributed by atoms with Crippen LogP contribution in [0.5, 0.6) is 0 Å². The number of hydrogen-bond donors (Lipinski definition) is 0. The molecule has 2 aromatic carbocycles. The van der Waals surface area contributed by atoms with Gasteiger partial charge in [-0.1, -0.05) is 41.8 Å². The molecule has 0 aromatic heterocycles. The Morgan fingerprint density at radius 2 is 1.62 bits per heavy atom. The van der Waals surface area contributed by atoms with Gasteiger partial charge in [-0.25, -0.2) is 0 Å². The van der Waals surface area contributed by atoms with Gasteiger partial charge in [0.05, 0.1) is 0 Å². The number of aryl methyl sites for hydroxylation is 1. The van der Waals surface area contributed by atoms with Gasteiger partial charge in [0, 0.05) is 0 Å². The van der Waals surface area contributed by atoms with Gasteiger partial charge < -0.3 is 0 Å². The number of benzene rings is 2. The highest BCUT2D eigenvalue weighted by atomic mass is 31.1. The Kier molecular flexibility index (Phi) is 3.48. The molecule has 2 heteroatoms. The van der Waals surface area contributed by atoms with Crippen molar-refractivity contribution < 1.29 is 4.57 Å². The van der Waals surface area contributed by atoms with Crippen LogP contribution in [0.15, 0.2) is 54.6 Å². The molecule has 0 saturated heterocycles. The fourth-order valence-electron chi connectivity index (χ4n) is 1.62. The molecule has 0 radical (unpaired) electrons. The van der Waals surface area contributed by atoms with Crippen molar-refractivity contribution in [3.8, 4) is 0 Å². The summed E-state index contributed by atoms with van der Waals surface area (Å²) in [5.41, 5.74) is 1.23. The van der Waals surface area contributed by atoms with Crippen molar-refractivity contribution in [2.75, 3.05) is 0 Å². The first-order chi connectivity index (χ1) is 7.81. The molecule has 0 aliphatic rings. The average Bonchev–Trinajstić information content (AvgIpc) is 2.39. The van der Waals surface area contributed by atoms with Crippen LogP contribution in [0.4, 0.5) is 0 Å². The van der Waals surface area contributed by atoms with E-state index >= 15 is 0 Å². The highest BCUT2D eigenvalue weighted by Gasteiger charge is 2.22. The van der Waals surface area contributed by atoms with E-state index in [2.05, 4.69) is 13.0 Å². The maximum Gasteiger partial charge on any atom is 0.415 e. The summed E-state index contributed by atoms with van der Waals surface area (Å²) in [7, 11) is -1.44. The molecule has 2 rings (SSSR count). The van der Waals surface area contributed by atoms with Crippen LogP contribution in [-0.2, 0) is 11.0 Å². The summed E-state index contributed by atoms with van der Waals surface area (Å²) in [5, 5.41) is 1.81. The van der Waals surface area contributed by atoms with Gasteiger partial charge in [-0.2, -0.15) is 0 Å². The highest BCUT2D eigenvalue weighted by Crippen LogP contribution is 2.19. The Bertz CT molecular complexity index is 491. The molecule has 0 aliphatic heterocycles. The Morgan fingerprint density at radius 3 is 2.31 bits per heavy atom. The minimum atomic E-state index is -1.44. The van der Waals surface area contributed by atoms with E-state index in [-0.39, 0.29) is 0 Å². The summed E-state index contributed by atoms with van der Waals surface area (Å²) < 4.78 is 12.3. The summed E-state index contributed by atoms with van der Waals surface area (Å²) in [6, 6.07) is 17.6. The van der Waals surface area contributed by atoms with Crippen LogP contribution in [0.3, 0.4) is 0 Å². The lowest BCUT2D eigenvalue weighted by Gasteiger charge is -1.94. The van der Waals surface area contributed by atoms with Crippen molar-refractivity contribution in [3.05, 3.63) is 60.2 Å². The fraction of sp³-hybridized carbons (Fsp3) is 0.143. The van der Waals surface area contributed by atoms with Crippen molar-refractivity contribution >= 4 is 18.4 Å². The Balaban J connectivity index is 2.34. The van der Waals surface area contributed by atoms with E-state index in [0.29, 0.717) is 0 Å². The zero-order chi connectivity index (χ0) is 11.4. The quantitative estimate of drug-likeness (QED) is 0.739. The first-order valence-corrected chi connectivity index (χ1v) is 6.68. The molecule has 2 aromatic rings. The molecule has 0 spiro atoms. The van der Waals surface area contributed by atoms with Gasteiger partial charge in [-0.3, -0.25) is 0 Å². The Morgan fingerprint density at radius 1 is 0.938 bits per heavy atom. The van der Waals surface area contributed by atoms with Crippen LogP contribution in [-0.4, -0.2) is 0 Å². The molecular formula is C14H14OP+. The van der Waals surface area contributed by atoms with E-state index in [9.17, 15) is 4.57 Å². The number of rotatable bonds is 3. The molecule has 0 saturated carbocycles. The lowest BCUT2D eigenvalue weighted by atomic mass is 10.2. The third kappa shape index (κ3) is 2.37. The molecule has 1 atom stereocenters. The minimum absolute atomic E-state index is 0.894. The maximum atomic E-state index is 12.3. The van der Waals surface area contributed by atoms with Crippen LogP contribution in [0.1, 0.15) is 12.5 Å². The van der Waals surface area contributed by atoms with E-state index in [4.69, 9.17) is 0 Å². The fourth-order valence-corrected chi connectivity index (χ4v) is 2.86. The zero-order valence-electron chi connectivity index (χ0n) is 9.26. The molecule has 0 bridgehead atoms. The third-order valence-electron chi connectivity index (χ3n) is 2.54. The van der Waals surface area contributed by atoms with E-state index in [1.54, 1.807) is 0 Å². The van der Waals surface area contributed by atoms with Crippen molar-refractivity contribution in [2.45, 2.75) is 13.3 Å². The van der Waals surface area contributed by atoms with Crippen LogP contribution in [0, 0.1) is 0 Å². The molecule has 0 fully saturated rings. The van der Waals surface area contributed by atoms with Gasteiger partial charge in [-0.05, 0) is 36.2 Å². The maximum absolute atomic E-state index is 12.3. The molecular weight excluding hydrogens is 215 g/mol. The number of hydrogen-bond acceptors (Lipinski definition) is 1. The largest absolute Gasteiger partial charge is 0.415 e. The van der Waals surface area contributed by atoms with Gasteiger partial charge >= 0.3 is 7.80 Å². The van der Waals surface area contributed by atoms with Gasteiger partial charge in [-0.15, -0.1) is 0 Å². The average molecular weight is 229 g/mol. The second-order valence-corrected chi connectivity index (χ2v) is 5.27. The van der Waals surface area contributed by atoms with Crippen molar-refractivity contribution in [3.63, 3.8) is 0 Å². The van der Waals surface area contributed by atoms with E-state index in [1.807, 2.05) is 48.5 Å². The van der Waals surface area contributed by atoms with E-state index in [0.717, 1.165) is 17.0 Å². The smallest absolute Gasteiger partial charge is 0.0619 e. The molecule has 0 heterocycles. The lowest BCUT2D eigenvalue weighted by molar-refractivity contribution is 0.598. The van der Waals surface area contributed by atoms with Crippen molar-refractivity contribution in [1.29, 1.82) is 0 Å². The lowest BCUT2D eigenvalue weighted by Crippen LogP contribution is -2.06. The topological polar surface area (TPSA) is 17.1 Å². The Labute approximate surface area is 96.9 Å². The molecule has 0 amide bonds. The Hall–Kier alpha value is -1.46. The first kappa shape index (κ1) is 11.0. The molecule has 0 aliphatic carbocycles. The summed E-state index contributed by atoms with van der Waals surface area (Å²) in [6.07, 6.45) is 0.978. The second-order valence-electron chi connectivity index (χ2n) is 3.65. The normalized spacial score (nSPS) is 11.2. The van der Waals surface area contributed by atoms with Gasteiger partial charge in [0.15, 0.2) is 10.6 Å². The highest BCUT2D eigenvalue weighted by molar-refractivity contribution is 7.61. The second kappa shape index (κ2) is 5.05. The molecule has 0 N–H and O–H groups in total. The monoisotopic (exact) mass is 229 g/mol. The molecule has 80 valence electrons. The third-order valence-corrected chi connectivity index (χ3v) is 4.06. The summed E-state index contributed by atoms with van der Waals surface area (Å²) in [5.74, 6) is 0. The standard InChI is InChI=1S/C14H14OP/c1-2-12-7-6-10-14(11-12)16(15)13-8-4-3-5-9-13/h3-11H,2H2,1H3/q+1.